The van der Waals surface area contributed by atoms with Gasteiger partial charge in [0, 0.05) is 19.3 Å². The summed E-state index contributed by atoms with van der Waals surface area (Å²) in [5.41, 5.74) is 0. The van der Waals surface area contributed by atoms with Gasteiger partial charge in [-0.25, -0.2) is 0 Å². The zero-order valence-corrected chi connectivity index (χ0v) is 54.1. The Morgan fingerprint density at radius 2 is 0.450 bits per heavy atom. The van der Waals surface area contributed by atoms with Gasteiger partial charge in [0.05, 0.1) is 0 Å². The third-order valence-corrected chi connectivity index (χ3v) is 16.4. The van der Waals surface area contributed by atoms with Crippen LogP contribution in [0.3, 0.4) is 0 Å². The Morgan fingerprint density at radius 3 is 0.700 bits per heavy atom. The molecule has 6 heteroatoms. The second kappa shape index (κ2) is 69.1. The molecule has 0 spiro atoms. The fourth-order valence-corrected chi connectivity index (χ4v) is 11.0. The Labute approximate surface area is 499 Å². The molecule has 0 aromatic carbocycles. The normalized spacial score (nSPS) is 12.2. The van der Waals surface area contributed by atoms with E-state index in [1.807, 2.05) is 0 Å². The van der Waals surface area contributed by atoms with E-state index >= 15 is 0 Å². The summed E-state index contributed by atoms with van der Waals surface area (Å²) in [6.45, 7) is 6.69. The zero-order valence-electron chi connectivity index (χ0n) is 54.1. The van der Waals surface area contributed by atoms with E-state index in [4.69, 9.17) is 14.2 Å². The van der Waals surface area contributed by atoms with Crippen molar-refractivity contribution in [3.05, 3.63) is 36.5 Å². The van der Waals surface area contributed by atoms with Crippen molar-refractivity contribution < 1.29 is 28.6 Å². The monoisotopic (exact) mass is 1120 g/mol. The lowest BCUT2D eigenvalue weighted by atomic mass is 10.0. The molecule has 6 nitrogen and oxygen atoms in total. The highest BCUT2D eigenvalue weighted by atomic mass is 16.6. The van der Waals surface area contributed by atoms with Gasteiger partial charge in [0.25, 0.3) is 0 Å². The van der Waals surface area contributed by atoms with E-state index in [0.717, 1.165) is 70.6 Å². The number of hydrogen-bond donors (Lipinski definition) is 0. The summed E-state index contributed by atoms with van der Waals surface area (Å²) in [7, 11) is 0. The van der Waals surface area contributed by atoms with E-state index in [2.05, 4.69) is 57.2 Å². The predicted molar refractivity (Wildman–Crippen MR) is 349 cm³/mol. The van der Waals surface area contributed by atoms with Gasteiger partial charge in [-0.2, -0.15) is 0 Å². The molecule has 0 fully saturated rings. The summed E-state index contributed by atoms with van der Waals surface area (Å²) in [5.74, 6) is -0.834. The van der Waals surface area contributed by atoms with E-state index < -0.39 is 6.10 Å². The van der Waals surface area contributed by atoms with Gasteiger partial charge in [0.2, 0.25) is 0 Å². The van der Waals surface area contributed by atoms with Crippen molar-refractivity contribution >= 4 is 17.9 Å². The van der Waals surface area contributed by atoms with Gasteiger partial charge in [0.15, 0.2) is 6.10 Å². The number of carbonyl (C=O) groups excluding carboxylic acids is 3. The molecule has 1 unspecified atom stereocenters. The van der Waals surface area contributed by atoms with E-state index in [0.29, 0.717) is 19.3 Å². The molecule has 0 aromatic rings. The van der Waals surface area contributed by atoms with Crippen molar-refractivity contribution in [2.45, 2.75) is 406 Å². The minimum atomic E-state index is -0.766. The molecule has 0 rings (SSSR count). The lowest BCUT2D eigenvalue weighted by molar-refractivity contribution is -0.167. The first-order valence-electron chi connectivity index (χ1n) is 36.0. The fraction of sp³-hybridized carbons (Fsp3) is 0.878. The first kappa shape index (κ1) is 77.6. The Hall–Kier alpha value is -2.37. The molecule has 0 aromatic heterocycles. The summed E-state index contributed by atoms with van der Waals surface area (Å²) in [5, 5.41) is 0. The number of carbonyl (C=O) groups is 3. The van der Waals surface area contributed by atoms with Crippen LogP contribution in [0.1, 0.15) is 400 Å². The van der Waals surface area contributed by atoms with Gasteiger partial charge in [-0.15, -0.1) is 0 Å². The smallest absolute Gasteiger partial charge is 0.306 e. The second-order valence-electron chi connectivity index (χ2n) is 24.5. The molecule has 0 saturated heterocycles. The first-order valence-corrected chi connectivity index (χ1v) is 36.0. The van der Waals surface area contributed by atoms with Crippen LogP contribution in [0.5, 0.6) is 0 Å². The van der Waals surface area contributed by atoms with Gasteiger partial charge in [0.1, 0.15) is 13.2 Å². The Morgan fingerprint density at radius 1 is 0.250 bits per heavy atom. The maximum Gasteiger partial charge on any atom is 0.306 e. The van der Waals surface area contributed by atoms with Crippen LogP contribution in [-0.4, -0.2) is 37.2 Å². The molecule has 0 saturated carbocycles. The first-order chi connectivity index (χ1) is 39.5. The minimum absolute atomic E-state index is 0.0643. The van der Waals surface area contributed by atoms with Crippen molar-refractivity contribution in [3.63, 3.8) is 0 Å². The molecular weight excluding hydrogens is 985 g/mol. The van der Waals surface area contributed by atoms with Crippen molar-refractivity contribution in [1.82, 2.24) is 0 Å². The van der Waals surface area contributed by atoms with Gasteiger partial charge in [-0.3, -0.25) is 14.4 Å². The molecule has 0 radical (unpaired) electrons. The lowest BCUT2D eigenvalue weighted by Gasteiger charge is -2.18. The van der Waals surface area contributed by atoms with Crippen LogP contribution >= 0.6 is 0 Å². The highest BCUT2D eigenvalue weighted by Crippen LogP contribution is 2.19. The number of unbranched alkanes of at least 4 members (excludes halogenated alkanes) is 50. The van der Waals surface area contributed by atoms with E-state index in [-0.39, 0.29) is 31.1 Å². The third kappa shape index (κ3) is 66.4. The highest BCUT2D eigenvalue weighted by molar-refractivity contribution is 5.71. The largest absolute Gasteiger partial charge is 0.462 e. The Balaban J connectivity index is 4.08. The zero-order chi connectivity index (χ0) is 57.8. The van der Waals surface area contributed by atoms with Gasteiger partial charge in [-0.1, -0.05) is 359 Å². The highest BCUT2D eigenvalue weighted by Gasteiger charge is 2.19. The fourth-order valence-electron chi connectivity index (χ4n) is 11.0. The van der Waals surface area contributed by atoms with Gasteiger partial charge < -0.3 is 14.2 Å². The van der Waals surface area contributed by atoms with E-state index in [1.165, 1.54) is 289 Å². The van der Waals surface area contributed by atoms with Crippen molar-refractivity contribution in [1.29, 1.82) is 0 Å². The minimum Gasteiger partial charge on any atom is -0.462 e. The second-order valence-corrected chi connectivity index (χ2v) is 24.5. The van der Waals surface area contributed by atoms with Crippen molar-refractivity contribution in [3.8, 4) is 0 Å². The summed E-state index contributed by atoms with van der Waals surface area (Å²) >= 11 is 0. The average molecular weight is 1120 g/mol. The SMILES string of the molecule is CCCCCCC/C=C\C/C=C\C/C=C\CCCCCCCCCCCCCCCCCCCCC(=O)OCC(COC(=O)CCCCCCCCCCCCC)OC(=O)CCCCCCCCCCCCCCCCCCCC. The summed E-state index contributed by atoms with van der Waals surface area (Å²) < 4.78 is 17.0. The molecule has 80 heavy (non-hydrogen) atoms. The molecule has 0 aliphatic heterocycles. The van der Waals surface area contributed by atoms with Gasteiger partial charge in [-0.05, 0) is 57.8 Å². The quantitative estimate of drug-likeness (QED) is 0.0261. The van der Waals surface area contributed by atoms with Gasteiger partial charge >= 0.3 is 17.9 Å². The van der Waals surface area contributed by atoms with Crippen LogP contribution in [0.2, 0.25) is 0 Å². The van der Waals surface area contributed by atoms with Crippen molar-refractivity contribution in [2.24, 2.45) is 0 Å². The summed E-state index contributed by atoms with van der Waals surface area (Å²) in [6, 6.07) is 0. The molecule has 0 N–H and O–H groups in total. The van der Waals surface area contributed by atoms with Crippen LogP contribution in [0.4, 0.5) is 0 Å². The Kier molecular flexibility index (Phi) is 67.1. The molecule has 0 aliphatic rings. The molecular formula is C74H138O6. The van der Waals surface area contributed by atoms with Crippen LogP contribution in [0.25, 0.3) is 0 Å². The number of hydrogen-bond acceptors (Lipinski definition) is 6. The molecule has 0 heterocycles. The third-order valence-electron chi connectivity index (χ3n) is 16.4. The number of allylic oxidation sites excluding steroid dienone is 6. The lowest BCUT2D eigenvalue weighted by Crippen LogP contribution is -2.30. The standard InChI is InChI=1S/C74H138O6/c1-4-7-10-13-16-19-22-24-26-28-30-31-32-33-34-35-36-37-38-39-40-41-42-43-44-46-47-49-52-55-58-61-64-67-73(76)79-70-71(69-78-72(75)66-63-60-57-54-51-21-18-15-12-9-6-3)80-74(77)68-65-62-59-56-53-50-48-45-29-27-25-23-20-17-14-11-8-5-2/h22,24,28,30,32-33,71H,4-21,23,25-27,29,31,34-70H2,1-3H3/b24-22-,30-28-,33-32-. The topological polar surface area (TPSA) is 78.9 Å². The molecule has 0 amide bonds. The van der Waals surface area contributed by atoms with Crippen LogP contribution in [0, 0.1) is 0 Å². The molecule has 1 atom stereocenters. The van der Waals surface area contributed by atoms with E-state index in [1.54, 1.807) is 0 Å². The molecule has 470 valence electrons. The Bertz CT molecular complexity index is 1340. The number of ether oxygens (including phenoxy) is 3. The maximum absolute atomic E-state index is 12.9. The van der Waals surface area contributed by atoms with Crippen molar-refractivity contribution in [2.75, 3.05) is 13.2 Å². The predicted octanol–water partition coefficient (Wildman–Crippen LogP) is 24.7. The number of esters is 3. The van der Waals surface area contributed by atoms with E-state index in [9.17, 15) is 14.4 Å². The van der Waals surface area contributed by atoms with Crippen LogP contribution in [0.15, 0.2) is 36.5 Å². The van der Waals surface area contributed by atoms with Crippen LogP contribution in [-0.2, 0) is 28.6 Å². The average Bonchev–Trinajstić information content (AvgIpc) is 3.46. The molecule has 0 aliphatic carbocycles. The molecule has 0 bridgehead atoms. The number of rotatable bonds is 67. The maximum atomic E-state index is 12.9. The van der Waals surface area contributed by atoms with Crippen LogP contribution < -0.4 is 0 Å². The summed E-state index contributed by atoms with van der Waals surface area (Å²) in [4.78, 5) is 38.3. The summed E-state index contributed by atoms with van der Waals surface area (Å²) in [6.07, 6.45) is 86.2.